The van der Waals surface area contributed by atoms with Gasteiger partial charge in [-0.1, -0.05) is 61.7 Å². The fourth-order valence-corrected chi connectivity index (χ4v) is 6.62. The van der Waals surface area contributed by atoms with Crippen molar-refractivity contribution in [3.63, 3.8) is 0 Å². The summed E-state index contributed by atoms with van der Waals surface area (Å²) in [4.78, 5) is 22.8. The molecular formula is C33H37FN4O2. The van der Waals surface area contributed by atoms with Crippen LogP contribution < -0.4 is 15.0 Å². The molecule has 2 amide bonds. The first-order valence-electron chi connectivity index (χ1n) is 14.5. The van der Waals surface area contributed by atoms with Crippen molar-refractivity contribution >= 4 is 17.6 Å². The molecule has 1 aliphatic carbocycles. The van der Waals surface area contributed by atoms with Crippen LogP contribution in [0.4, 0.5) is 14.9 Å². The van der Waals surface area contributed by atoms with Crippen molar-refractivity contribution in [2.24, 2.45) is 4.99 Å². The van der Waals surface area contributed by atoms with Gasteiger partial charge in [-0.2, -0.15) is 0 Å². The van der Waals surface area contributed by atoms with Crippen LogP contribution in [0.15, 0.2) is 77.8 Å². The van der Waals surface area contributed by atoms with Gasteiger partial charge < -0.3 is 4.74 Å². The number of anilines is 1. The van der Waals surface area contributed by atoms with Gasteiger partial charge in [0.2, 0.25) is 0 Å². The zero-order chi connectivity index (χ0) is 27.5. The fourth-order valence-electron chi connectivity index (χ4n) is 6.62. The highest BCUT2D eigenvalue weighted by Crippen LogP contribution is 2.39. The van der Waals surface area contributed by atoms with Crippen LogP contribution in [0.5, 0.6) is 5.75 Å². The maximum Gasteiger partial charge on any atom is 0.328 e. The summed E-state index contributed by atoms with van der Waals surface area (Å²) < 4.78 is 19.9. The summed E-state index contributed by atoms with van der Waals surface area (Å²) in [6.07, 6.45) is 7.20. The molecule has 40 heavy (non-hydrogen) atoms. The Morgan fingerprint density at radius 1 is 0.975 bits per heavy atom. The van der Waals surface area contributed by atoms with Crippen LogP contribution in [-0.2, 0) is 6.54 Å². The van der Waals surface area contributed by atoms with Crippen molar-refractivity contribution < 1.29 is 13.9 Å². The summed E-state index contributed by atoms with van der Waals surface area (Å²) in [5.74, 6) is 1.29. The molecule has 0 aromatic heterocycles. The number of benzene rings is 3. The van der Waals surface area contributed by atoms with E-state index in [0.29, 0.717) is 5.69 Å². The van der Waals surface area contributed by atoms with Crippen LogP contribution in [0.25, 0.3) is 11.1 Å². The number of carbonyl (C=O) groups excluding carboxylic acids is 1. The minimum atomic E-state index is -0.585. The Hall–Kier alpha value is -3.71. The van der Waals surface area contributed by atoms with Gasteiger partial charge in [0.1, 0.15) is 22.9 Å². The lowest BCUT2D eigenvalue weighted by atomic mass is 9.84. The second kappa shape index (κ2) is 11.4. The van der Waals surface area contributed by atoms with Crippen molar-refractivity contribution in [2.45, 2.75) is 63.1 Å². The van der Waals surface area contributed by atoms with Crippen molar-refractivity contribution in [2.75, 3.05) is 25.1 Å². The molecule has 6 nitrogen and oxygen atoms in total. The minimum absolute atomic E-state index is 0.210. The standard InChI is InChI=1S/C33H37FN4O2/c1-40-30-16-6-5-15-29(30)25-10-7-9-24(21-25)23-37-19-17-33(18-20-37)31(35-27-12-3-2-4-13-27)36-32(39)38(33)28-14-8-11-26(34)22-28/h5-11,14-16,21-22,27H,2-4,12-13,17-20,23H2,1H3,(H,35,36,39). The zero-order valence-corrected chi connectivity index (χ0v) is 23.1. The average Bonchev–Trinajstić information content (AvgIpc) is 3.24. The van der Waals surface area contributed by atoms with Crippen molar-refractivity contribution in [3.05, 3.63) is 84.2 Å². The molecule has 0 bridgehead atoms. The first kappa shape index (κ1) is 26.5. The molecule has 6 rings (SSSR count). The van der Waals surface area contributed by atoms with E-state index in [1.165, 1.54) is 37.0 Å². The number of urea groups is 1. The molecule has 2 aliphatic heterocycles. The Morgan fingerprint density at radius 2 is 1.75 bits per heavy atom. The van der Waals surface area contributed by atoms with Gasteiger partial charge in [-0.05, 0) is 67.1 Å². The summed E-state index contributed by atoms with van der Waals surface area (Å²) >= 11 is 0. The largest absolute Gasteiger partial charge is 0.496 e. The monoisotopic (exact) mass is 540 g/mol. The summed E-state index contributed by atoms with van der Waals surface area (Å²) in [7, 11) is 1.70. The van der Waals surface area contributed by atoms with E-state index in [-0.39, 0.29) is 17.9 Å². The number of rotatable bonds is 6. The molecule has 3 aromatic rings. The quantitative estimate of drug-likeness (QED) is 0.374. The predicted octanol–water partition coefficient (Wildman–Crippen LogP) is 6.80. The highest BCUT2D eigenvalue weighted by atomic mass is 19.1. The number of aliphatic imine (C=N–C) groups is 1. The molecule has 1 N–H and O–H groups in total. The van der Waals surface area contributed by atoms with Gasteiger partial charge in [-0.3, -0.25) is 20.1 Å². The van der Waals surface area contributed by atoms with Gasteiger partial charge in [0.15, 0.2) is 0 Å². The number of hydrogen-bond acceptors (Lipinski definition) is 4. The molecule has 3 aliphatic rings. The lowest BCUT2D eigenvalue weighted by molar-refractivity contribution is 0.184. The van der Waals surface area contributed by atoms with E-state index >= 15 is 0 Å². The van der Waals surface area contributed by atoms with Gasteiger partial charge in [-0.25, -0.2) is 9.18 Å². The summed E-state index contributed by atoms with van der Waals surface area (Å²) in [5.41, 5.74) is 3.45. The number of carbonyl (C=O) groups is 1. The van der Waals surface area contributed by atoms with Crippen LogP contribution in [0, 0.1) is 5.82 Å². The van der Waals surface area contributed by atoms with Crippen LogP contribution in [0.1, 0.15) is 50.5 Å². The topological polar surface area (TPSA) is 57.2 Å². The van der Waals surface area contributed by atoms with E-state index in [9.17, 15) is 9.18 Å². The van der Waals surface area contributed by atoms with E-state index in [0.717, 1.165) is 68.0 Å². The predicted molar refractivity (Wildman–Crippen MR) is 157 cm³/mol. The number of piperidine rings is 1. The molecule has 1 spiro atoms. The number of nitrogens with zero attached hydrogens (tertiary/aromatic N) is 3. The van der Waals surface area contributed by atoms with Gasteiger partial charge in [-0.15, -0.1) is 0 Å². The fraction of sp³-hybridized carbons (Fsp3) is 0.394. The Labute approximate surface area is 235 Å². The zero-order valence-electron chi connectivity index (χ0n) is 23.1. The molecule has 3 fully saturated rings. The SMILES string of the molecule is COc1ccccc1-c1cccc(CN2CCC3(CC2)C(=NC2CCCCC2)NC(=O)N3c2cccc(F)c2)c1. The van der Waals surface area contributed by atoms with Crippen LogP contribution in [-0.4, -0.2) is 48.5 Å². The second-order valence-electron chi connectivity index (χ2n) is 11.2. The normalized spacial score (nSPS) is 20.7. The number of amidine groups is 1. The van der Waals surface area contributed by atoms with Gasteiger partial charge >= 0.3 is 6.03 Å². The minimum Gasteiger partial charge on any atom is -0.496 e. The maximum atomic E-state index is 14.3. The number of hydrogen-bond donors (Lipinski definition) is 1. The summed E-state index contributed by atoms with van der Waals surface area (Å²) in [6, 6.07) is 23.1. The van der Waals surface area contributed by atoms with Crippen molar-refractivity contribution in [1.29, 1.82) is 0 Å². The van der Waals surface area contributed by atoms with Crippen LogP contribution in [0.2, 0.25) is 0 Å². The Morgan fingerprint density at radius 3 is 2.52 bits per heavy atom. The smallest absolute Gasteiger partial charge is 0.328 e. The first-order valence-corrected chi connectivity index (χ1v) is 14.5. The van der Waals surface area contributed by atoms with Gasteiger partial charge in [0.25, 0.3) is 0 Å². The Kier molecular flexibility index (Phi) is 7.57. The Balaban J connectivity index is 1.24. The molecule has 2 saturated heterocycles. The number of halogens is 1. The highest BCUT2D eigenvalue weighted by molar-refractivity contribution is 6.19. The molecule has 7 heteroatoms. The number of nitrogens with one attached hydrogen (secondary N) is 1. The van der Waals surface area contributed by atoms with E-state index < -0.39 is 5.54 Å². The highest BCUT2D eigenvalue weighted by Gasteiger charge is 2.53. The van der Waals surface area contributed by atoms with Crippen molar-refractivity contribution in [1.82, 2.24) is 10.2 Å². The molecule has 2 heterocycles. The number of likely N-dealkylation sites (tertiary alicyclic amines) is 1. The molecule has 0 radical (unpaired) electrons. The Bertz CT molecular complexity index is 1390. The third-order valence-electron chi connectivity index (χ3n) is 8.68. The molecule has 208 valence electrons. The van der Waals surface area contributed by atoms with Crippen LogP contribution in [0.3, 0.4) is 0 Å². The van der Waals surface area contributed by atoms with Crippen molar-refractivity contribution in [3.8, 4) is 16.9 Å². The van der Waals surface area contributed by atoms with E-state index in [1.807, 2.05) is 24.3 Å². The number of amides is 2. The molecule has 1 saturated carbocycles. The van der Waals surface area contributed by atoms with E-state index in [1.54, 1.807) is 18.1 Å². The number of para-hydroxylation sites is 1. The number of methoxy groups -OCH3 is 1. The number of ether oxygens (including phenoxy) is 1. The molecule has 0 unspecified atom stereocenters. The summed E-state index contributed by atoms with van der Waals surface area (Å²) in [5, 5.41) is 3.11. The van der Waals surface area contributed by atoms with Gasteiger partial charge in [0.05, 0.1) is 13.2 Å². The lowest BCUT2D eigenvalue weighted by Gasteiger charge is -2.44. The second-order valence-corrected chi connectivity index (χ2v) is 11.2. The van der Waals surface area contributed by atoms with Gasteiger partial charge in [0, 0.05) is 30.9 Å². The van der Waals surface area contributed by atoms with Crippen LogP contribution >= 0.6 is 0 Å². The maximum absolute atomic E-state index is 14.3. The third-order valence-corrected chi connectivity index (χ3v) is 8.68. The molecular weight excluding hydrogens is 503 g/mol. The van der Waals surface area contributed by atoms with E-state index in [2.05, 4.69) is 40.5 Å². The summed E-state index contributed by atoms with van der Waals surface area (Å²) in [6.45, 7) is 2.43. The average molecular weight is 541 g/mol. The first-order chi connectivity index (χ1) is 19.6. The van der Waals surface area contributed by atoms with E-state index in [4.69, 9.17) is 9.73 Å². The molecule has 0 atom stereocenters. The third kappa shape index (κ3) is 5.22. The lowest BCUT2D eigenvalue weighted by Crippen LogP contribution is -2.57. The molecule has 3 aromatic carbocycles.